The van der Waals surface area contributed by atoms with Gasteiger partial charge in [-0.2, -0.15) is 4.52 Å². The molecule has 1 amide bonds. The van der Waals surface area contributed by atoms with Gasteiger partial charge in [-0.15, -0.1) is 5.10 Å². The van der Waals surface area contributed by atoms with Gasteiger partial charge in [-0.25, -0.2) is 0 Å². The molecule has 0 atom stereocenters. The molecule has 0 bridgehead atoms. The SMILES string of the molecule is Cc1ccc2c(c1)cc(CN(Cc1cccnc1)C(=O)c1ccc(Cl)cc1)c1nnnn12. The van der Waals surface area contributed by atoms with E-state index in [2.05, 4.69) is 32.6 Å². The summed E-state index contributed by atoms with van der Waals surface area (Å²) in [7, 11) is 0. The summed E-state index contributed by atoms with van der Waals surface area (Å²) in [6.07, 6.45) is 3.48. The number of fused-ring (bicyclic) bond motifs is 3. The van der Waals surface area contributed by atoms with Crippen LogP contribution in [0.1, 0.15) is 27.0 Å². The van der Waals surface area contributed by atoms with Gasteiger partial charge in [-0.3, -0.25) is 9.78 Å². The average Bonchev–Trinajstić information content (AvgIpc) is 3.30. The van der Waals surface area contributed by atoms with Crippen LogP contribution < -0.4 is 0 Å². The Hall–Kier alpha value is -3.84. The maximum atomic E-state index is 13.5. The maximum absolute atomic E-state index is 13.5. The van der Waals surface area contributed by atoms with E-state index in [1.807, 2.05) is 31.2 Å². The number of pyridine rings is 2. The van der Waals surface area contributed by atoms with E-state index in [1.54, 1.807) is 46.1 Å². The van der Waals surface area contributed by atoms with Crippen LogP contribution in [-0.4, -0.2) is 35.8 Å². The quantitative estimate of drug-likeness (QED) is 0.401. The number of nitrogens with zero attached hydrogens (tertiary/aromatic N) is 6. The van der Waals surface area contributed by atoms with Gasteiger partial charge in [0.05, 0.1) is 12.1 Å². The molecule has 5 aromatic rings. The van der Waals surface area contributed by atoms with Crippen molar-refractivity contribution in [2.24, 2.45) is 0 Å². The minimum Gasteiger partial charge on any atom is -0.330 e. The lowest BCUT2D eigenvalue weighted by Gasteiger charge is -2.23. The molecule has 158 valence electrons. The predicted molar refractivity (Wildman–Crippen MR) is 122 cm³/mol. The third-order valence-corrected chi connectivity index (χ3v) is 5.59. The lowest BCUT2D eigenvalue weighted by Crippen LogP contribution is -2.30. The molecule has 0 saturated heterocycles. The zero-order chi connectivity index (χ0) is 22.1. The van der Waals surface area contributed by atoms with Crippen LogP contribution in [0, 0.1) is 6.92 Å². The molecule has 0 unspecified atom stereocenters. The van der Waals surface area contributed by atoms with Gasteiger partial charge in [0, 0.05) is 40.5 Å². The Labute approximate surface area is 189 Å². The highest BCUT2D eigenvalue weighted by molar-refractivity contribution is 6.30. The highest BCUT2D eigenvalue weighted by atomic mass is 35.5. The summed E-state index contributed by atoms with van der Waals surface area (Å²) >= 11 is 6.02. The van der Waals surface area contributed by atoms with E-state index in [9.17, 15) is 4.79 Å². The average molecular weight is 443 g/mol. The molecule has 7 nitrogen and oxygen atoms in total. The number of aryl methyl sites for hydroxylation is 1. The number of tetrazole rings is 1. The predicted octanol–water partition coefficient (Wildman–Crippen LogP) is 4.48. The standard InChI is InChI=1S/C24H19ClN6O/c1-16-4-9-22-19(11-16)12-20(23-27-28-29-31(22)23)15-30(14-17-3-2-10-26-13-17)24(32)18-5-7-21(25)8-6-18/h2-13H,14-15H2,1H3. The molecule has 3 aromatic heterocycles. The molecule has 0 aliphatic carbocycles. The molecule has 0 N–H and O–H groups in total. The zero-order valence-corrected chi connectivity index (χ0v) is 18.1. The Morgan fingerprint density at radius 2 is 1.91 bits per heavy atom. The van der Waals surface area contributed by atoms with Gasteiger partial charge in [-0.05, 0) is 71.4 Å². The molecule has 0 fully saturated rings. The fraction of sp³-hybridized carbons (Fsp3) is 0.125. The third-order valence-electron chi connectivity index (χ3n) is 5.33. The largest absolute Gasteiger partial charge is 0.330 e. The van der Waals surface area contributed by atoms with Crippen molar-refractivity contribution in [1.82, 2.24) is 29.9 Å². The molecule has 0 aliphatic heterocycles. The number of amides is 1. The zero-order valence-electron chi connectivity index (χ0n) is 17.3. The van der Waals surface area contributed by atoms with Crippen LogP contribution in [0.15, 0.2) is 73.1 Å². The second-order valence-electron chi connectivity index (χ2n) is 7.68. The summed E-state index contributed by atoms with van der Waals surface area (Å²) in [5, 5.41) is 13.9. The lowest BCUT2D eigenvalue weighted by atomic mass is 10.1. The van der Waals surface area contributed by atoms with E-state index < -0.39 is 0 Å². The maximum Gasteiger partial charge on any atom is 0.254 e. The molecule has 2 aromatic carbocycles. The Morgan fingerprint density at radius 3 is 2.69 bits per heavy atom. The molecule has 0 aliphatic rings. The fourth-order valence-electron chi connectivity index (χ4n) is 3.79. The molecular formula is C24H19ClN6O. The molecule has 8 heteroatoms. The van der Waals surface area contributed by atoms with Gasteiger partial charge in [0.25, 0.3) is 5.91 Å². The number of hydrogen-bond acceptors (Lipinski definition) is 5. The van der Waals surface area contributed by atoms with Gasteiger partial charge in [-0.1, -0.05) is 29.3 Å². The van der Waals surface area contributed by atoms with Crippen molar-refractivity contribution < 1.29 is 4.79 Å². The van der Waals surface area contributed by atoms with E-state index in [4.69, 9.17) is 11.6 Å². The first-order valence-corrected chi connectivity index (χ1v) is 10.5. The van der Waals surface area contributed by atoms with E-state index >= 15 is 0 Å². The van der Waals surface area contributed by atoms with E-state index in [0.717, 1.165) is 27.6 Å². The van der Waals surface area contributed by atoms with E-state index in [0.29, 0.717) is 29.3 Å². The fourth-order valence-corrected chi connectivity index (χ4v) is 3.92. The molecule has 0 radical (unpaired) electrons. The summed E-state index contributed by atoms with van der Waals surface area (Å²) in [5.41, 5.74) is 5.04. The molecular weight excluding hydrogens is 424 g/mol. The number of hydrogen-bond donors (Lipinski definition) is 0. The van der Waals surface area contributed by atoms with Crippen LogP contribution in [0.5, 0.6) is 0 Å². The Bertz CT molecular complexity index is 1420. The van der Waals surface area contributed by atoms with Crippen LogP contribution in [0.4, 0.5) is 0 Å². The van der Waals surface area contributed by atoms with Crippen molar-refractivity contribution in [3.63, 3.8) is 0 Å². The summed E-state index contributed by atoms with van der Waals surface area (Å²) in [5.74, 6) is -0.111. The number of carbonyl (C=O) groups is 1. The van der Waals surface area contributed by atoms with E-state index in [1.165, 1.54) is 0 Å². The Balaban J connectivity index is 1.58. The Kier molecular flexibility index (Phi) is 5.25. The second-order valence-corrected chi connectivity index (χ2v) is 8.11. The normalized spacial score (nSPS) is 11.2. The van der Waals surface area contributed by atoms with Crippen LogP contribution in [0.25, 0.3) is 16.6 Å². The monoisotopic (exact) mass is 442 g/mol. The van der Waals surface area contributed by atoms with Gasteiger partial charge in [0.15, 0.2) is 5.65 Å². The lowest BCUT2D eigenvalue weighted by molar-refractivity contribution is 0.0730. The molecule has 0 saturated carbocycles. The van der Waals surface area contributed by atoms with Gasteiger partial charge in [0.2, 0.25) is 0 Å². The first-order chi connectivity index (χ1) is 15.6. The van der Waals surface area contributed by atoms with Crippen LogP contribution in [0.3, 0.4) is 0 Å². The summed E-state index contributed by atoms with van der Waals surface area (Å²) in [6, 6.07) is 18.9. The number of carbonyl (C=O) groups excluding carboxylic acids is 1. The molecule has 0 spiro atoms. The van der Waals surface area contributed by atoms with Crippen molar-refractivity contribution in [3.05, 3.63) is 100 Å². The highest BCUT2D eigenvalue weighted by Gasteiger charge is 2.20. The number of aromatic nitrogens is 5. The van der Waals surface area contributed by atoms with Gasteiger partial charge in [0.1, 0.15) is 0 Å². The van der Waals surface area contributed by atoms with Crippen LogP contribution in [0.2, 0.25) is 5.02 Å². The number of benzene rings is 2. The number of rotatable bonds is 5. The Morgan fingerprint density at radius 1 is 1.06 bits per heavy atom. The van der Waals surface area contributed by atoms with E-state index in [-0.39, 0.29) is 5.91 Å². The summed E-state index contributed by atoms with van der Waals surface area (Å²) < 4.78 is 1.72. The van der Waals surface area contributed by atoms with Crippen molar-refractivity contribution in [1.29, 1.82) is 0 Å². The minimum atomic E-state index is -0.111. The molecule has 3 heterocycles. The minimum absolute atomic E-state index is 0.111. The van der Waals surface area contributed by atoms with Crippen molar-refractivity contribution >= 4 is 34.1 Å². The first-order valence-electron chi connectivity index (χ1n) is 10.1. The number of halogens is 1. The van der Waals surface area contributed by atoms with Gasteiger partial charge >= 0.3 is 0 Å². The topological polar surface area (TPSA) is 76.3 Å². The van der Waals surface area contributed by atoms with Crippen LogP contribution in [-0.2, 0) is 13.1 Å². The summed E-state index contributed by atoms with van der Waals surface area (Å²) in [4.78, 5) is 19.4. The van der Waals surface area contributed by atoms with Crippen molar-refractivity contribution in [2.45, 2.75) is 20.0 Å². The second kappa shape index (κ2) is 8.36. The third kappa shape index (κ3) is 3.90. The van der Waals surface area contributed by atoms with Crippen molar-refractivity contribution in [2.75, 3.05) is 0 Å². The van der Waals surface area contributed by atoms with Crippen LogP contribution >= 0.6 is 11.6 Å². The smallest absolute Gasteiger partial charge is 0.254 e. The van der Waals surface area contributed by atoms with Crippen molar-refractivity contribution in [3.8, 4) is 0 Å². The highest BCUT2D eigenvalue weighted by Crippen LogP contribution is 2.23. The summed E-state index contributed by atoms with van der Waals surface area (Å²) in [6.45, 7) is 2.78. The first kappa shape index (κ1) is 20.1. The molecule has 5 rings (SSSR count). The molecule has 32 heavy (non-hydrogen) atoms. The van der Waals surface area contributed by atoms with Gasteiger partial charge < -0.3 is 4.90 Å².